The van der Waals surface area contributed by atoms with E-state index in [9.17, 15) is 5.11 Å². The molecule has 0 atom stereocenters. The molecule has 0 saturated carbocycles. The minimum atomic E-state index is 0.341. The Morgan fingerprint density at radius 2 is 2.21 bits per heavy atom. The largest absolute Gasteiger partial charge is 0.507 e. The third-order valence-corrected chi connectivity index (χ3v) is 2.95. The molecule has 0 aliphatic carbocycles. The number of phenols is 1. The number of benzene rings is 1. The number of rotatable bonds is 2. The van der Waals surface area contributed by atoms with E-state index in [0.717, 1.165) is 15.6 Å². The van der Waals surface area contributed by atoms with Gasteiger partial charge in [-0.05, 0) is 23.6 Å². The summed E-state index contributed by atoms with van der Waals surface area (Å²) in [5.41, 5.74) is 6.17. The maximum absolute atomic E-state index is 9.88. The lowest BCUT2D eigenvalue weighted by Crippen LogP contribution is -1.91. The molecule has 72 valence electrons. The lowest BCUT2D eigenvalue weighted by Gasteiger charge is -2.00. The van der Waals surface area contributed by atoms with Crippen LogP contribution in [0.2, 0.25) is 0 Å². The summed E-state index contributed by atoms with van der Waals surface area (Å²) in [6.07, 6.45) is 3.67. The molecular formula is C11H11NOS. The van der Waals surface area contributed by atoms with Crippen LogP contribution in [0, 0.1) is 0 Å². The van der Waals surface area contributed by atoms with Crippen molar-refractivity contribution < 1.29 is 5.11 Å². The standard InChI is InChI=1S/C11H11NOS/c12-6-1-2-8-3-4-10-9(11(8)13)5-7-14-10/h1-5,7,13H,6,12H2/b2-1+. The van der Waals surface area contributed by atoms with Crippen LogP contribution in [0.25, 0.3) is 16.2 Å². The van der Waals surface area contributed by atoms with E-state index in [4.69, 9.17) is 5.73 Å². The molecule has 2 aromatic rings. The number of hydrogen-bond acceptors (Lipinski definition) is 3. The van der Waals surface area contributed by atoms with Crippen LogP contribution in [0.3, 0.4) is 0 Å². The highest BCUT2D eigenvalue weighted by atomic mass is 32.1. The highest BCUT2D eigenvalue weighted by Gasteiger charge is 2.03. The molecule has 1 aromatic heterocycles. The number of phenolic OH excluding ortho intramolecular Hbond substituents is 1. The molecule has 0 radical (unpaired) electrons. The highest BCUT2D eigenvalue weighted by molar-refractivity contribution is 7.17. The Hall–Kier alpha value is -1.32. The fourth-order valence-electron chi connectivity index (χ4n) is 1.38. The van der Waals surface area contributed by atoms with Gasteiger partial charge in [0.1, 0.15) is 5.75 Å². The Balaban J connectivity index is 2.56. The minimum absolute atomic E-state index is 0.341. The topological polar surface area (TPSA) is 46.2 Å². The summed E-state index contributed by atoms with van der Waals surface area (Å²) in [5, 5.41) is 12.8. The van der Waals surface area contributed by atoms with Crippen LogP contribution in [-0.4, -0.2) is 11.7 Å². The van der Waals surface area contributed by atoms with Crippen molar-refractivity contribution in [1.29, 1.82) is 0 Å². The number of nitrogens with two attached hydrogens (primary N) is 1. The summed E-state index contributed by atoms with van der Waals surface area (Å²) in [5.74, 6) is 0.341. The second-order valence-electron chi connectivity index (χ2n) is 2.97. The molecule has 2 rings (SSSR count). The molecule has 2 nitrogen and oxygen atoms in total. The van der Waals surface area contributed by atoms with Gasteiger partial charge in [-0.2, -0.15) is 0 Å². The maximum Gasteiger partial charge on any atom is 0.131 e. The number of hydrogen-bond donors (Lipinski definition) is 2. The molecule has 0 saturated heterocycles. The van der Waals surface area contributed by atoms with Crippen LogP contribution in [0.1, 0.15) is 5.56 Å². The SMILES string of the molecule is NC/C=C/c1ccc2sccc2c1O. The summed E-state index contributed by atoms with van der Waals surface area (Å²) in [6, 6.07) is 5.84. The van der Waals surface area contributed by atoms with Crippen molar-refractivity contribution in [3.8, 4) is 5.75 Å². The molecule has 3 N–H and O–H groups in total. The lowest BCUT2D eigenvalue weighted by atomic mass is 10.1. The fraction of sp³-hybridized carbons (Fsp3) is 0.0909. The van der Waals surface area contributed by atoms with E-state index < -0.39 is 0 Å². The van der Waals surface area contributed by atoms with Crippen molar-refractivity contribution in [2.24, 2.45) is 5.73 Å². The van der Waals surface area contributed by atoms with Crippen LogP contribution in [0.15, 0.2) is 29.7 Å². The van der Waals surface area contributed by atoms with E-state index in [0.29, 0.717) is 12.3 Å². The predicted octanol–water partition coefficient (Wildman–Crippen LogP) is 2.58. The summed E-state index contributed by atoms with van der Waals surface area (Å²) in [6.45, 7) is 0.487. The Morgan fingerprint density at radius 3 is 3.00 bits per heavy atom. The van der Waals surface area contributed by atoms with Crippen molar-refractivity contribution in [2.45, 2.75) is 0 Å². The summed E-state index contributed by atoms with van der Waals surface area (Å²) >= 11 is 1.63. The van der Waals surface area contributed by atoms with Gasteiger partial charge in [-0.1, -0.05) is 12.2 Å². The third kappa shape index (κ3) is 1.52. The Kier molecular flexibility index (Phi) is 2.52. The Labute approximate surface area is 86.3 Å². The first kappa shape index (κ1) is 9.24. The summed E-state index contributed by atoms with van der Waals surface area (Å²) < 4.78 is 1.10. The molecule has 1 heterocycles. The van der Waals surface area contributed by atoms with Crippen molar-refractivity contribution in [2.75, 3.05) is 6.54 Å². The van der Waals surface area contributed by atoms with E-state index in [2.05, 4.69) is 0 Å². The zero-order valence-electron chi connectivity index (χ0n) is 7.60. The first-order chi connectivity index (χ1) is 6.83. The van der Waals surface area contributed by atoms with Crippen LogP contribution in [-0.2, 0) is 0 Å². The molecule has 14 heavy (non-hydrogen) atoms. The highest BCUT2D eigenvalue weighted by Crippen LogP contribution is 2.32. The average molecular weight is 205 g/mol. The molecule has 0 spiro atoms. The molecule has 3 heteroatoms. The molecule has 0 aliphatic heterocycles. The smallest absolute Gasteiger partial charge is 0.131 e. The van der Waals surface area contributed by atoms with Gasteiger partial charge in [-0.15, -0.1) is 11.3 Å². The molecule has 1 aromatic carbocycles. The number of thiophene rings is 1. The van der Waals surface area contributed by atoms with Gasteiger partial charge in [0.15, 0.2) is 0 Å². The molecule has 0 fully saturated rings. The fourth-order valence-corrected chi connectivity index (χ4v) is 2.16. The van der Waals surface area contributed by atoms with Crippen LogP contribution >= 0.6 is 11.3 Å². The van der Waals surface area contributed by atoms with Gasteiger partial charge in [0.2, 0.25) is 0 Å². The lowest BCUT2D eigenvalue weighted by molar-refractivity contribution is 0.480. The van der Waals surface area contributed by atoms with Crippen LogP contribution < -0.4 is 5.73 Å². The van der Waals surface area contributed by atoms with Gasteiger partial charge in [0, 0.05) is 22.2 Å². The predicted molar refractivity (Wildman–Crippen MR) is 61.6 cm³/mol. The molecular weight excluding hydrogens is 194 g/mol. The van der Waals surface area contributed by atoms with Gasteiger partial charge in [-0.25, -0.2) is 0 Å². The minimum Gasteiger partial charge on any atom is -0.507 e. The number of fused-ring (bicyclic) bond motifs is 1. The van der Waals surface area contributed by atoms with Crippen molar-refractivity contribution in [1.82, 2.24) is 0 Å². The third-order valence-electron chi connectivity index (χ3n) is 2.07. The number of aromatic hydroxyl groups is 1. The quantitative estimate of drug-likeness (QED) is 0.791. The monoisotopic (exact) mass is 205 g/mol. The second-order valence-corrected chi connectivity index (χ2v) is 3.92. The van der Waals surface area contributed by atoms with E-state index >= 15 is 0 Å². The first-order valence-electron chi connectivity index (χ1n) is 4.38. The summed E-state index contributed by atoms with van der Waals surface area (Å²) in [7, 11) is 0. The van der Waals surface area contributed by atoms with Gasteiger partial charge in [0.05, 0.1) is 0 Å². The Bertz CT molecular complexity index is 473. The van der Waals surface area contributed by atoms with E-state index in [1.54, 1.807) is 11.3 Å². The van der Waals surface area contributed by atoms with E-state index in [-0.39, 0.29) is 0 Å². The van der Waals surface area contributed by atoms with Gasteiger partial charge < -0.3 is 10.8 Å². The van der Waals surface area contributed by atoms with E-state index in [1.807, 2.05) is 35.7 Å². The maximum atomic E-state index is 9.88. The molecule has 0 bridgehead atoms. The molecule has 0 unspecified atom stereocenters. The molecule has 0 amide bonds. The van der Waals surface area contributed by atoms with Crippen LogP contribution in [0.4, 0.5) is 0 Å². The van der Waals surface area contributed by atoms with Gasteiger partial charge >= 0.3 is 0 Å². The Morgan fingerprint density at radius 1 is 1.36 bits per heavy atom. The van der Waals surface area contributed by atoms with Crippen LogP contribution in [0.5, 0.6) is 5.75 Å². The van der Waals surface area contributed by atoms with Crippen molar-refractivity contribution in [3.05, 3.63) is 35.2 Å². The average Bonchev–Trinajstić information content (AvgIpc) is 2.66. The van der Waals surface area contributed by atoms with Gasteiger partial charge in [-0.3, -0.25) is 0 Å². The van der Waals surface area contributed by atoms with Gasteiger partial charge in [0.25, 0.3) is 0 Å². The van der Waals surface area contributed by atoms with E-state index in [1.165, 1.54) is 0 Å². The van der Waals surface area contributed by atoms with Crippen molar-refractivity contribution in [3.63, 3.8) is 0 Å². The first-order valence-corrected chi connectivity index (χ1v) is 5.26. The zero-order chi connectivity index (χ0) is 9.97. The summed E-state index contributed by atoms with van der Waals surface area (Å²) in [4.78, 5) is 0. The molecule has 0 aliphatic rings. The van der Waals surface area contributed by atoms with Crippen molar-refractivity contribution >= 4 is 27.5 Å². The normalized spacial score (nSPS) is 11.5. The zero-order valence-corrected chi connectivity index (χ0v) is 8.42. The second kappa shape index (κ2) is 3.82.